The number of ether oxygens (including phenoxy) is 2. The molecule has 0 aliphatic carbocycles. The van der Waals surface area contributed by atoms with Crippen LogP contribution in [0.1, 0.15) is 33.6 Å². The second-order valence-corrected chi connectivity index (χ2v) is 6.97. The molecule has 3 N–H and O–H groups in total. The van der Waals surface area contributed by atoms with Gasteiger partial charge < -0.3 is 20.5 Å². The van der Waals surface area contributed by atoms with Gasteiger partial charge in [-0.05, 0) is 56.5 Å². The fraction of sp³-hybridized carbons (Fsp3) is 0.368. The Morgan fingerprint density at radius 3 is 2.58 bits per heavy atom. The van der Waals surface area contributed by atoms with E-state index in [1.165, 1.54) is 0 Å². The minimum absolute atomic E-state index is 0.127. The van der Waals surface area contributed by atoms with Gasteiger partial charge in [-0.15, -0.1) is 0 Å². The number of carbonyl (C=O) groups is 1. The van der Waals surface area contributed by atoms with Crippen molar-refractivity contribution in [2.45, 2.75) is 33.2 Å². The molecule has 1 aliphatic rings. The van der Waals surface area contributed by atoms with Gasteiger partial charge in [0, 0.05) is 17.3 Å². The topological polar surface area (TPSA) is 86.5 Å². The van der Waals surface area contributed by atoms with E-state index in [0.717, 1.165) is 23.2 Å². The summed E-state index contributed by atoms with van der Waals surface area (Å²) in [6.07, 6.45) is 0.866. The highest BCUT2D eigenvalue weighted by molar-refractivity contribution is 6.30. The number of rotatable bonds is 5. The summed E-state index contributed by atoms with van der Waals surface area (Å²) in [5.41, 5.74) is 8.91. The Morgan fingerprint density at radius 2 is 2.00 bits per heavy atom. The van der Waals surface area contributed by atoms with E-state index in [9.17, 15) is 4.79 Å². The highest BCUT2D eigenvalue weighted by Gasteiger charge is 2.23. The third-order valence-electron chi connectivity index (χ3n) is 4.27. The van der Waals surface area contributed by atoms with Gasteiger partial charge >= 0.3 is 0 Å². The molecule has 0 spiro atoms. The lowest BCUT2D eigenvalue weighted by Gasteiger charge is -2.19. The number of amides is 1. The number of primary amides is 1. The quantitative estimate of drug-likeness (QED) is 0.831. The van der Waals surface area contributed by atoms with Crippen LogP contribution in [0, 0.1) is 20.8 Å². The number of hydrogen-bond donors (Lipinski definition) is 2. The van der Waals surface area contributed by atoms with Gasteiger partial charge in [-0.25, -0.2) is 4.98 Å². The number of pyridine rings is 1. The monoisotopic (exact) mass is 375 g/mol. The van der Waals surface area contributed by atoms with Crippen LogP contribution < -0.4 is 15.8 Å². The maximum absolute atomic E-state index is 12.2. The summed E-state index contributed by atoms with van der Waals surface area (Å²) in [6, 6.07) is 5.53. The molecule has 1 atom stereocenters. The fourth-order valence-electron chi connectivity index (χ4n) is 3.09. The van der Waals surface area contributed by atoms with E-state index < -0.39 is 5.91 Å². The predicted molar refractivity (Wildman–Crippen MR) is 101 cm³/mol. The molecule has 2 heterocycles. The zero-order valence-electron chi connectivity index (χ0n) is 15.1. The fourth-order valence-corrected chi connectivity index (χ4v) is 3.42. The van der Waals surface area contributed by atoms with Gasteiger partial charge in [0.25, 0.3) is 5.91 Å². The van der Waals surface area contributed by atoms with Crippen LogP contribution in [0.4, 0.5) is 5.69 Å². The first-order valence-corrected chi connectivity index (χ1v) is 8.83. The van der Waals surface area contributed by atoms with Crippen molar-refractivity contribution in [3.05, 3.63) is 45.6 Å². The van der Waals surface area contributed by atoms with Crippen LogP contribution in [0.5, 0.6) is 11.6 Å². The molecule has 1 amide bonds. The molecule has 6 nitrogen and oxygen atoms in total. The summed E-state index contributed by atoms with van der Waals surface area (Å²) < 4.78 is 11.4. The normalized spacial score (nSPS) is 16.5. The molecule has 1 fully saturated rings. The highest BCUT2D eigenvalue weighted by atomic mass is 35.5. The molecule has 7 heteroatoms. The average molecular weight is 376 g/mol. The number of aromatic nitrogens is 1. The van der Waals surface area contributed by atoms with E-state index in [4.69, 9.17) is 26.8 Å². The van der Waals surface area contributed by atoms with E-state index in [1.54, 1.807) is 18.2 Å². The van der Waals surface area contributed by atoms with Gasteiger partial charge in [-0.1, -0.05) is 11.6 Å². The van der Waals surface area contributed by atoms with Crippen molar-refractivity contribution < 1.29 is 14.3 Å². The number of hydrogen-bond acceptors (Lipinski definition) is 5. The van der Waals surface area contributed by atoms with Crippen molar-refractivity contribution in [3.8, 4) is 11.6 Å². The Balaban J connectivity index is 2.03. The van der Waals surface area contributed by atoms with Crippen LogP contribution in [0.15, 0.2) is 18.2 Å². The Bertz CT molecular complexity index is 825. The van der Waals surface area contributed by atoms with Crippen LogP contribution in [-0.2, 0) is 4.74 Å². The third-order valence-corrected chi connectivity index (χ3v) is 4.49. The van der Waals surface area contributed by atoms with E-state index >= 15 is 0 Å². The van der Waals surface area contributed by atoms with Crippen molar-refractivity contribution in [3.63, 3.8) is 0 Å². The molecule has 1 aromatic heterocycles. The first-order valence-electron chi connectivity index (χ1n) is 8.45. The molecular weight excluding hydrogens is 354 g/mol. The average Bonchev–Trinajstić information content (AvgIpc) is 3.03. The Labute approximate surface area is 157 Å². The molecule has 2 aromatic rings. The molecule has 0 saturated carbocycles. The summed E-state index contributed by atoms with van der Waals surface area (Å²) in [7, 11) is 0. The SMILES string of the molecule is Cc1cc(NC2CCOC2)c(C(N)=O)c(Oc2c(C)cc(Cl)cc2C)n1. The molecule has 1 aliphatic heterocycles. The number of aryl methyl sites for hydroxylation is 3. The van der Waals surface area contributed by atoms with Gasteiger partial charge in [-0.3, -0.25) is 4.79 Å². The second kappa shape index (κ2) is 7.51. The number of nitrogens with zero attached hydrogens (tertiary/aromatic N) is 1. The van der Waals surface area contributed by atoms with Crippen LogP contribution >= 0.6 is 11.6 Å². The number of carbonyl (C=O) groups excluding carboxylic acids is 1. The molecule has 138 valence electrons. The van der Waals surface area contributed by atoms with E-state index in [-0.39, 0.29) is 17.5 Å². The summed E-state index contributed by atoms with van der Waals surface area (Å²) in [5, 5.41) is 3.96. The van der Waals surface area contributed by atoms with Crippen LogP contribution in [0.25, 0.3) is 0 Å². The molecule has 1 aromatic carbocycles. The maximum Gasteiger partial charge on any atom is 0.256 e. The minimum Gasteiger partial charge on any atom is -0.438 e. The predicted octanol–water partition coefficient (Wildman–Crippen LogP) is 3.75. The second-order valence-electron chi connectivity index (χ2n) is 6.53. The zero-order chi connectivity index (χ0) is 18.8. The zero-order valence-corrected chi connectivity index (χ0v) is 15.8. The summed E-state index contributed by atoms with van der Waals surface area (Å²) >= 11 is 6.09. The van der Waals surface area contributed by atoms with Crippen molar-refractivity contribution in [1.82, 2.24) is 4.98 Å². The van der Waals surface area contributed by atoms with E-state index in [0.29, 0.717) is 29.7 Å². The number of nitrogens with one attached hydrogen (secondary N) is 1. The Hall–Kier alpha value is -2.31. The smallest absolute Gasteiger partial charge is 0.256 e. The lowest BCUT2D eigenvalue weighted by Crippen LogP contribution is -2.23. The van der Waals surface area contributed by atoms with Gasteiger partial charge in [0.15, 0.2) is 0 Å². The van der Waals surface area contributed by atoms with Gasteiger partial charge in [0.1, 0.15) is 11.3 Å². The van der Waals surface area contributed by atoms with Crippen molar-refractivity contribution in [2.75, 3.05) is 18.5 Å². The molecule has 1 unspecified atom stereocenters. The number of benzene rings is 1. The van der Waals surface area contributed by atoms with Crippen molar-refractivity contribution >= 4 is 23.2 Å². The van der Waals surface area contributed by atoms with Gasteiger partial charge in [-0.2, -0.15) is 0 Å². The Morgan fingerprint density at radius 1 is 1.31 bits per heavy atom. The lowest BCUT2D eigenvalue weighted by atomic mass is 10.1. The minimum atomic E-state index is -0.599. The summed E-state index contributed by atoms with van der Waals surface area (Å²) in [6.45, 7) is 6.91. The lowest BCUT2D eigenvalue weighted by molar-refractivity contribution is 0.0998. The number of nitrogens with two attached hydrogens (primary N) is 1. The van der Waals surface area contributed by atoms with Crippen LogP contribution in [0.3, 0.4) is 0 Å². The van der Waals surface area contributed by atoms with Crippen LogP contribution in [-0.4, -0.2) is 30.1 Å². The molecule has 1 saturated heterocycles. The Kier molecular flexibility index (Phi) is 5.34. The largest absolute Gasteiger partial charge is 0.438 e. The van der Waals surface area contributed by atoms with E-state index in [1.807, 2.05) is 20.8 Å². The summed E-state index contributed by atoms with van der Waals surface area (Å²) in [4.78, 5) is 16.6. The van der Waals surface area contributed by atoms with Crippen molar-refractivity contribution in [2.24, 2.45) is 5.73 Å². The highest BCUT2D eigenvalue weighted by Crippen LogP contribution is 2.35. The number of halogens is 1. The van der Waals surface area contributed by atoms with Gasteiger partial charge in [0.2, 0.25) is 5.88 Å². The van der Waals surface area contributed by atoms with E-state index in [2.05, 4.69) is 10.3 Å². The standard InChI is InChI=1S/C19H22ClN3O3/c1-10-6-13(20)7-11(2)17(10)26-19-16(18(21)24)15(8-12(3)22-19)23-14-4-5-25-9-14/h6-8,14H,4-5,9H2,1-3H3,(H2,21,24)(H,22,23). The van der Waals surface area contributed by atoms with Crippen LogP contribution in [0.2, 0.25) is 5.02 Å². The molecule has 3 rings (SSSR count). The number of anilines is 1. The molecular formula is C19H22ClN3O3. The molecule has 0 bridgehead atoms. The molecule has 0 radical (unpaired) electrons. The first-order chi connectivity index (χ1) is 12.3. The summed E-state index contributed by atoms with van der Waals surface area (Å²) in [5.74, 6) is 0.204. The first kappa shape index (κ1) is 18.5. The van der Waals surface area contributed by atoms with Crippen molar-refractivity contribution in [1.29, 1.82) is 0 Å². The maximum atomic E-state index is 12.2. The third kappa shape index (κ3) is 3.92. The molecule has 26 heavy (non-hydrogen) atoms. The van der Waals surface area contributed by atoms with Gasteiger partial charge in [0.05, 0.1) is 18.3 Å².